The Morgan fingerprint density at radius 2 is 1.88 bits per heavy atom. The minimum absolute atomic E-state index is 0.00364. The molecule has 1 heterocycles. The van der Waals surface area contributed by atoms with E-state index in [0.717, 1.165) is 10.0 Å². The maximum atomic E-state index is 13.0. The quantitative estimate of drug-likeness (QED) is 0.616. The molecular formula is C15H14BrN3O4S. The number of nitrogens with zero attached hydrogens (tertiary/aromatic N) is 2. The first-order valence-corrected chi connectivity index (χ1v) is 9.33. The van der Waals surface area contributed by atoms with Crippen LogP contribution in [-0.4, -0.2) is 25.9 Å². The fourth-order valence-electron chi connectivity index (χ4n) is 2.71. The zero-order valence-corrected chi connectivity index (χ0v) is 14.8. The normalized spacial score (nSPS) is 17.4. The lowest BCUT2D eigenvalue weighted by molar-refractivity contribution is -0.384. The second-order valence-electron chi connectivity index (χ2n) is 5.52. The number of benzene rings is 2. The number of nitro groups is 1. The van der Waals surface area contributed by atoms with Crippen LogP contribution in [0.25, 0.3) is 0 Å². The number of nitrogens with two attached hydrogens (primary N) is 1. The molecule has 2 N–H and O–H groups in total. The van der Waals surface area contributed by atoms with Gasteiger partial charge in [-0.2, -0.15) is 0 Å². The Balaban J connectivity index is 2.05. The van der Waals surface area contributed by atoms with Gasteiger partial charge in [0.2, 0.25) is 0 Å². The molecule has 0 amide bonds. The summed E-state index contributed by atoms with van der Waals surface area (Å²) >= 11 is 3.37. The monoisotopic (exact) mass is 411 g/mol. The third-order valence-corrected chi connectivity index (χ3v) is 6.12. The average Bonchev–Trinajstić information content (AvgIpc) is 2.53. The van der Waals surface area contributed by atoms with Crippen LogP contribution in [0.3, 0.4) is 0 Å². The summed E-state index contributed by atoms with van der Waals surface area (Å²) in [6.45, 7) is 0.161. The molecule has 0 bridgehead atoms. The Hall–Kier alpha value is -1.97. The van der Waals surface area contributed by atoms with E-state index in [4.69, 9.17) is 5.73 Å². The standard InChI is InChI=1S/C15H14BrN3O4S/c16-11-1-6-15-10(7-11)8-12(17)9-18(15)24(22,23)14-4-2-13(3-5-14)19(20)21/h1-7,12H,8-9,17H2. The summed E-state index contributed by atoms with van der Waals surface area (Å²) in [6, 6.07) is 9.88. The van der Waals surface area contributed by atoms with E-state index in [9.17, 15) is 18.5 Å². The molecule has 0 fully saturated rings. The fourth-order valence-corrected chi connectivity index (χ4v) is 4.68. The largest absolute Gasteiger partial charge is 0.326 e. The number of non-ortho nitro benzene ring substituents is 1. The van der Waals surface area contributed by atoms with E-state index in [0.29, 0.717) is 12.1 Å². The number of fused-ring (bicyclic) bond motifs is 1. The summed E-state index contributed by atoms with van der Waals surface area (Å²) in [7, 11) is -3.85. The summed E-state index contributed by atoms with van der Waals surface area (Å²) in [4.78, 5) is 10.2. The molecule has 24 heavy (non-hydrogen) atoms. The molecule has 9 heteroatoms. The van der Waals surface area contributed by atoms with Crippen molar-refractivity contribution < 1.29 is 13.3 Å². The lowest BCUT2D eigenvalue weighted by Crippen LogP contribution is -2.46. The molecule has 1 aliphatic rings. The van der Waals surface area contributed by atoms with Crippen molar-refractivity contribution in [2.75, 3.05) is 10.8 Å². The maximum absolute atomic E-state index is 13.0. The Kier molecular flexibility index (Phi) is 4.33. The highest BCUT2D eigenvalue weighted by atomic mass is 79.9. The zero-order chi connectivity index (χ0) is 17.5. The molecule has 2 aromatic rings. The molecule has 3 rings (SSSR count). The molecule has 0 aromatic heterocycles. The smallest absolute Gasteiger partial charge is 0.269 e. The maximum Gasteiger partial charge on any atom is 0.269 e. The van der Waals surface area contributed by atoms with Crippen LogP contribution < -0.4 is 10.0 Å². The van der Waals surface area contributed by atoms with Gasteiger partial charge in [0.05, 0.1) is 15.5 Å². The van der Waals surface area contributed by atoms with Gasteiger partial charge >= 0.3 is 0 Å². The number of rotatable bonds is 3. The minimum atomic E-state index is -3.85. The Morgan fingerprint density at radius 1 is 1.21 bits per heavy atom. The summed E-state index contributed by atoms with van der Waals surface area (Å²) < 4.78 is 28.0. The molecule has 0 saturated heterocycles. The third kappa shape index (κ3) is 3.02. The highest BCUT2D eigenvalue weighted by molar-refractivity contribution is 9.10. The van der Waals surface area contributed by atoms with Gasteiger partial charge in [0.1, 0.15) is 0 Å². The van der Waals surface area contributed by atoms with E-state index in [1.165, 1.54) is 28.6 Å². The van der Waals surface area contributed by atoms with Crippen molar-refractivity contribution in [3.63, 3.8) is 0 Å². The van der Waals surface area contributed by atoms with Crippen molar-refractivity contribution in [3.8, 4) is 0 Å². The molecule has 2 aromatic carbocycles. The van der Waals surface area contributed by atoms with Crippen LogP contribution >= 0.6 is 15.9 Å². The number of hydrogen-bond acceptors (Lipinski definition) is 5. The van der Waals surface area contributed by atoms with E-state index < -0.39 is 14.9 Å². The van der Waals surface area contributed by atoms with Gasteiger partial charge in [0.25, 0.3) is 15.7 Å². The van der Waals surface area contributed by atoms with E-state index in [2.05, 4.69) is 15.9 Å². The van der Waals surface area contributed by atoms with Gasteiger partial charge in [-0.25, -0.2) is 8.42 Å². The van der Waals surface area contributed by atoms with Crippen LogP contribution in [0.2, 0.25) is 0 Å². The zero-order valence-electron chi connectivity index (χ0n) is 12.4. The van der Waals surface area contributed by atoms with Crippen LogP contribution in [0.1, 0.15) is 5.56 Å². The lowest BCUT2D eigenvalue weighted by atomic mass is 10.0. The van der Waals surface area contributed by atoms with Gasteiger partial charge in [-0.05, 0) is 42.3 Å². The van der Waals surface area contributed by atoms with E-state index in [1.807, 2.05) is 6.07 Å². The predicted octanol–water partition coefficient (Wildman–Crippen LogP) is 2.44. The van der Waals surface area contributed by atoms with Crippen molar-refractivity contribution in [2.45, 2.75) is 17.4 Å². The summed E-state index contributed by atoms with van der Waals surface area (Å²) in [5, 5.41) is 10.7. The van der Waals surface area contributed by atoms with E-state index >= 15 is 0 Å². The first-order valence-electron chi connectivity index (χ1n) is 7.10. The molecule has 126 valence electrons. The minimum Gasteiger partial charge on any atom is -0.326 e. The average molecular weight is 412 g/mol. The first-order chi connectivity index (χ1) is 11.3. The molecule has 0 saturated carbocycles. The fraction of sp³-hybridized carbons (Fsp3) is 0.200. The number of sulfonamides is 1. The van der Waals surface area contributed by atoms with Crippen LogP contribution in [0, 0.1) is 10.1 Å². The number of nitro benzene ring substituents is 1. The van der Waals surface area contributed by atoms with Crippen LogP contribution in [0.4, 0.5) is 11.4 Å². The molecule has 0 spiro atoms. The molecule has 1 aliphatic heterocycles. The van der Waals surface area contributed by atoms with Gasteiger partial charge < -0.3 is 5.73 Å². The SMILES string of the molecule is NC1Cc2cc(Br)ccc2N(S(=O)(=O)c2ccc([N+](=O)[O-])cc2)C1. The van der Waals surface area contributed by atoms with Crippen molar-refractivity contribution in [3.05, 3.63) is 62.6 Å². The molecular weight excluding hydrogens is 398 g/mol. The molecule has 0 radical (unpaired) electrons. The second kappa shape index (κ2) is 6.15. The van der Waals surface area contributed by atoms with E-state index in [-0.39, 0.29) is 23.2 Å². The topological polar surface area (TPSA) is 107 Å². The van der Waals surface area contributed by atoms with Gasteiger partial charge in [0, 0.05) is 29.2 Å². The van der Waals surface area contributed by atoms with Crippen molar-refractivity contribution in [1.29, 1.82) is 0 Å². The summed E-state index contributed by atoms with van der Waals surface area (Å²) in [5.74, 6) is 0. The summed E-state index contributed by atoms with van der Waals surface area (Å²) in [5.41, 5.74) is 7.28. The summed E-state index contributed by atoms with van der Waals surface area (Å²) in [6.07, 6.45) is 0.584. The van der Waals surface area contributed by atoms with Crippen molar-refractivity contribution in [1.82, 2.24) is 0 Å². The Bertz CT molecular complexity index is 899. The van der Waals surface area contributed by atoms with Crippen LogP contribution in [0.15, 0.2) is 51.8 Å². The van der Waals surface area contributed by atoms with E-state index in [1.54, 1.807) is 12.1 Å². The van der Waals surface area contributed by atoms with Crippen molar-refractivity contribution >= 4 is 37.3 Å². The van der Waals surface area contributed by atoms with Crippen molar-refractivity contribution in [2.24, 2.45) is 5.73 Å². The number of halogens is 1. The number of hydrogen-bond donors (Lipinski definition) is 1. The molecule has 0 aliphatic carbocycles. The first kappa shape index (κ1) is 16.9. The van der Waals surface area contributed by atoms with Gasteiger partial charge in [-0.3, -0.25) is 14.4 Å². The highest BCUT2D eigenvalue weighted by Gasteiger charge is 2.32. The molecule has 7 nitrogen and oxygen atoms in total. The molecule has 1 atom stereocenters. The lowest BCUT2D eigenvalue weighted by Gasteiger charge is -2.33. The highest BCUT2D eigenvalue weighted by Crippen LogP contribution is 2.33. The van der Waals surface area contributed by atoms with Crippen LogP contribution in [-0.2, 0) is 16.4 Å². The number of anilines is 1. The predicted molar refractivity (Wildman–Crippen MR) is 93.4 cm³/mol. The van der Waals surface area contributed by atoms with Gasteiger partial charge in [0.15, 0.2) is 0 Å². The Morgan fingerprint density at radius 3 is 2.50 bits per heavy atom. The second-order valence-corrected chi connectivity index (χ2v) is 8.30. The Labute approximate surface area is 147 Å². The van der Waals surface area contributed by atoms with Crippen LogP contribution in [0.5, 0.6) is 0 Å². The molecule has 1 unspecified atom stereocenters. The third-order valence-electron chi connectivity index (χ3n) is 3.83. The van der Waals surface area contributed by atoms with Gasteiger partial charge in [-0.1, -0.05) is 15.9 Å². The van der Waals surface area contributed by atoms with Gasteiger partial charge in [-0.15, -0.1) is 0 Å².